The molecule has 0 bridgehead atoms. The van der Waals surface area contributed by atoms with E-state index in [9.17, 15) is 5.21 Å². The second-order valence-corrected chi connectivity index (χ2v) is 6.66. The zero-order chi connectivity index (χ0) is 18.2. The normalized spacial score (nSPS) is 19.4. The summed E-state index contributed by atoms with van der Waals surface area (Å²) >= 11 is 0. The summed E-state index contributed by atoms with van der Waals surface area (Å²) in [4.78, 5) is 4.53. The van der Waals surface area contributed by atoms with Gasteiger partial charge >= 0.3 is 0 Å². The second-order valence-electron chi connectivity index (χ2n) is 6.66. The Morgan fingerprint density at radius 1 is 0.815 bits per heavy atom. The second kappa shape index (κ2) is 6.50. The molecular weight excluding hydrogens is 336 g/mol. The van der Waals surface area contributed by atoms with E-state index in [0.717, 1.165) is 33.3 Å². The SMILES string of the molecule is ON1C(c2cnc3ccccc3c2)Oc2ccccc2C1c1ccccc1. The molecule has 2 atom stereocenters. The highest BCUT2D eigenvalue weighted by Gasteiger charge is 2.37. The molecule has 1 aliphatic rings. The van der Waals surface area contributed by atoms with Crippen molar-refractivity contribution in [2.75, 3.05) is 0 Å². The smallest absolute Gasteiger partial charge is 0.202 e. The maximum atomic E-state index is 11.1. The number of hydrogen-bond acceptors (Lipinski definition) is 4. The molecule has 0 aliphatic carbocycles. The van der Waals surface area contributed by atoms with Gasteiger partial charge in [-0.1, -0.05) is 66.7 Å². The van der Waals surface area contributed by atoms with Gasteiger partial charge in [0, 0.05) is 22.7 Å². The first-order valence-corrected chi connectivity index (χ1v) is 8.94. The molecular formula is C23H18N2O2. The highest BCUT2D eigenvalue weighted by Crippen LogP contribution is 2.44. The van der Waals surface area contributed by atoms with E-state index in [1.807, 2.05) is 84.9 Å². The molecule has 0 radical (unpaired) electrons. The first kappa shape index (κ1) is 16.0. The first-order chi connectivity index (χ1) is 13.3. The predicted molar refractivity (Wildman–Crippen MR) is 103 cm³/mol. The number of nitrogens with zero attached hydrogens (tertiary/aromatic N) is 2. The molecule has 1 N–H and O–H groups in total. The van der Waals surface area contributed by atoms with Gasteiger partial charge < -0.3 is 9.94 Å². The van der Waals surface area contributed by atoms with E-state index in [0.29, 0.717) is 0 Å². The molecule has 4 heteroatoms. The minimum atomic E-state index is -0.637. The van der Waals surface area contributed by atoms with E-state index >= 15 is 0 Å². The van der Waals surface area contributed by atoms with Crippen LogP contribution in [-0.4, -0.2) is 15.3 Å². The Morgan fingerprint density at radius 3 is 2.44 bits per heavy atom. The number of hydrogen-bond donors (Lipinski definition) is 1. The lowest BCUT2D eigenvalue weighted by Gasteiger charge is -2.39. The van der Waals surface area contributed by atoms with Crippen molar-refractivity contribution in [3.63, 3.8) is 0 Å². The van der Waals surface area contributed by atoms with E-state index in [2.05, 4.69) is 4.98 Å². The molecule has 1 aromatic heterocycles. The Bertz CT molecular complexity index is 1100. The highest BCUT2D eigenvalue weighted by atomic mass is 16.6. The lowest BCUT2D eigenvalue weighted by molar-refractivity contribution is -0.220. The van der Waals surface area contributed by atoms with Crippen molar-refractivity contribution in [1.29, 1.82) is 0 Å². The number of rotatable bonds is 2. The van der Waals surface area contributed by atoms with Crippen molar-refractivity contribution >= 4 is 10.9 Å². The number of benzene rings is 3. The molecule has 27 heavy (non-hydrogen) atoms. The minimum absolute atomic E-state index is 0.312. The van der Waals surface area contributed by atoms with Gasteiger partial charge in [-0.05, 0) is 23.8 Å². The molecule has 0 amide bonds. The lowest BCUT2D eigenvalue weighted by Crippen LogP contribution is -2.38. The van der Waals surface area contributed by atoms with Gasteiger partial charge in [0.05, 0.1) is 11.6 Å². The summed E-state index contributed by atoms with van der Waals surface area (Å²) in [6, 6.07) is 27.5. The Morgan fingerprint density at radius 2 is 1.56 bits per heavy atom. The fourth-order valence-electron chi connectivity index (χ4n) is 3.68. The predicted octanol–water partition coefficient (Wildman–Crippen LogP) is 5.11. The van der Waals surface area contributed by atoms with E-state index in [4.69, 9.17) is 4.74 Å². The van der Waals surface area contributed by atoms with Gasteiger partial charge in [0.1, 0.15) is 5.75 Å². The molecule has 4 nitrogen and oxygen atoms in total. The van der Waals surface area contributed by atoms with Gasteiger partial charge in [-0.3, -0.25) is 4.98 Å². The summed E-state index contributed by atoms with van der Waals surface area (Å²) in [7, 11) is 0. The third kappa shape index (κ3) is 2.76. The molecule has 5 rings (SSSR count). The summed E-state index contributed by atoms with van der Waals surface area (Å²) in [5.41, 5.74) is 3.68. The van der Waals surface area contributed by atoms with Crippen LogP contribution < -0.4 is 4.74 Å². The Labute approximate surface area is 157 Å². The van der Waals surface area contributed by atoms with Gasteiger partial charge in [-0.25, -0.2) is 0 Å². The minimum Gasteiger partial charge on any atom is -0.468 e. The fourth-order valence-corrected chi connectivity index (χ4v) is 3.68. The summed E-state index contributed by atoms with van der Waals surface area (Å²) in [5, 5.41) is 13.4. The Balaban J connectivity index is 1.63. The van der Waals surface area contributed by atoms with Gasteiger partial charge in [0.2, 0.25) is 6.23 Å². The number of aromatic nitrogens is 1. The fraction of sp³-hybridized carbons (Fsp3) is 0.0870. The van der Waals surface area contributed by atoms with Crippen LogP contribution in [0.25, 0.3) is 10.9 Å². The molecule has 132 valence electrons. The average Bonchev–Trinajstić information content (AvgIpc) is 2.73. The standard InChI is InChI=1S/C23H18N2O2/c26-25-22(16-8-2-1-3-9-16)19-11-5-7-13-21(19)27-23(25)18-14-17-10-4-6-12-20(17)24-15-18/h1-15,22-23,26H. The van der Waals surface area contributed by atoms with Crippen molar-refractivity contribution in [3.8, 4) is 5.75 Å². The molecule has 4 aromatic rings. The number of hydroxylamine groups is 2. The summed E-state index contributed by atoms with van der Waals surface area (Å²) in [6.45, 7) is 0. The third-order valence-electron chi connectivity index (χ3n) is 4.97. The topological polar surface area (TPSA) is 45.6 Å². The van der Waals surface area contributed by atoms with E-state index in [1.165, 1.54) is 5.06 Å². The largest absolute Gasteiger partial charge is 0.468 e. The van der Waals surface area contributed by atoms with Gasteiger partial charge in [0.25, 0.3) is 0 Å². The number of para-hydroxylation sites is 2. The van der Waals surface area contributed by atoms with Crippen molar-refractivity contribution in [2.24, 2.45) is 0 Å². The summed E-state index contributed by atoms with van der Waals surface area (Å²) < 4.78 is 6.17. The van der Waals surface area contributed by atoms with Crippen LogP contribution in [0.4, 0.5) is 0 Å². The van der Waals surface area contributed by atoms with Gasteiger partial charge in [-0.15, -0.1) is 5.06 Å². The van der Waals surface area contributed by atoms with Crippen LogP contribution in [0.1, 0.15) is 29.0 Å². The first-order valence-electron chi connectivity index (χ1n) is 8.94. The number of pyridine rings is 1. The maximum Gasteiger partial charge on any atom is 0.202 e. The zero-order valence-electron chi connectivity index (χ0n) is 14.6. The summed E-state index contributed by atoms with van der Waals surface area (Å²) in [5.74, 6) is 0.773. The van der Waals surface area contributed by atoms with Crippen LogP contribution in [0.15, 0.2) is 91.1 Å². The molecule has 0 saturated heterocycles. The highest BCUT2D eigenvalue weighted by molar-refractivity contribution is 5.78. The molecule has 3 aromatic carbocycles. The Kier molecular flexibility index (Phi) is 3.85. The molecule has 2 unspecified atom stereocenters. The molecule has 2 heterocycles. The van der Waals surface area contributed by atoms with Crippen LogP contribution in [-0.2, 0) is 0 Å². The summed E-state index contributed by atoms with van der Waals surface area (Å²) in [6.07, 6.45) is 1.13. The molecule has 1 aliphatic heterocycles. The van der Waals surface area contributed by atoms with Crippen LogP contribution >= 0.6 is 0 Å². The van der Waals surface area contributed by atoms with Crippen LogP contribution in [0.3, 0.4) is 0 Å². The van der Waals surface area contributed by atoms with Crippen molar-refractivity contribution in [3.05, 3.63) is 108 Å². The maximum absolute atomic E-state index is 11.1. The average molecular weight is 354 g/mol. The molecule has 0 spiro atoms. The van der Waals surface area contributed by atoms with Crippen molar-refractivity contribution < 1.29 is 9.94 Å². The quantitative estimate of drug-likeness (QED) is 0.543. The van der Waals surface area contributed by atoms with Crippen molar-refractivity contribution in [1.82, 2.24) is 10.0 Å². The Hall–Kier alpha value is -3.21. The molecule has 0 fully saturated rings. The van der Waals surface area contributed by atoms with Crippen LogP contribution in [0, 0.1) is 0 Å². The van der Waals surface area contributed by atoms with Gasteiger partial charge in [0.15, 0.2) is 0 Å². The van der Waals surface area contributed by atoms with E-state index < -0.39 is 6.23 Å². The third-order valence-corrected chi connectivity index (χ3v) is 4.97. The van der Waals surface area contributed by atoms with E-state index in [-0.39, 0.29) is 6.04 Å². The zero-order valence-corrected chi connectivity index (χ0v) is 14.6. The number of ether oxygens (including phenoxy) is 1. The lowest BCUT2D eigenvalue weighted by atomic mass is 9.95. The molecule has 0 saturated carbocycles. The van der Waals surface area contributed by atoms with Gasteiger partial charge in [-0.2, -0.15) is 0 Å². The monoisotopic (exact) mass is 354 g/mol. The number of fused-ring (bicyclic) bond motifs is 2. The van der Waals surface area contributed by atoms with Crippen LogP contribution in [0.5, 0.6) is 5.75 Å². The van der Waals surface area contributed by atoms with E-state index in [1.54, 1.807) is 6.20 Å². The van der Waals surface area contributed by atoms with Crippen molar-refractivity contribution in [2.45, 2.75) is 12.3 Å². The van der Waals surface area contributed by atoms with Crippen LogP contribution in [0.2, 0.25) is 0 Å².